The fourth-order valence-corrected chi connectivity index (χ4v) is 3.16. The minimum Gasteiger partial charge on any atom is -0.444 e. The third-order valence-electron chi connectivity index (χ3n) is 4.35. The third kappa shape index (κ3) is 3.32. The average molecular weight is 342 g/mol. The van der Waals surface area contributed by atoms with E-state index >= 15 is 0 Å². The van der Waals surface area contributed by atoms with Gasteiger partial charge in [-0.05, 0) is 27.7 Å². The highest BCUT2D eigenvalue weighted by atomic mass is 19.3. The predicted molar refractivity (Wildman–Crippen MR) is 85.2 cm³/mol. The van der Waals surface area contributed by atoms with E-state index in [9.17, 15) is 13.6 Å². The molecule has 1 aromatic heterocycles. The average Bonchev–Trinajstić information content (AvgIpc) is 2.98. The number of carbonyl (C=O) groups excluding carboxylic acids is 1. The lowest BCUT2D eigenvalue weighted by molar-refractivity contribution is 0.00896. The number of aromatic nitrogens is 2. The van der Waals surface area contributed by atoms with Crippen LogP contribution in [0.3, 0.4) is 0 Å². The largest absolute Gasteiger partial charge is 0.444 e. The number of hydrogen-bond acceptors (Lipinski definition) is 4. The van der Waals surface area contributed by atoms with E-state index in [1.54, 1.807) is 20.7 Å². The van der Waals surface area contributed by atoms with Gasteiger partial charge in [0.2, 0.25) is 0 Å². The minimum atomic E-state index is -2.67. The summed E-state index contributed by atoms with van der Waals surface area (Å²) in [5, 5.41) is 4.32. The first kappa shape index (κ1) is 17.0. The van der Waals surface area contributed by atoms with Crippen molar-refractivity contribution in [1.82, 2.24) is 14.7 Å². The molecule has 0 spiro atoms. The topological polar surface area (TPSA) is 50.6 Å². The lowest BCUT2D eigenvalue weighted by Gasteiger charge is -2.36. The molecule has 2 aliphatic heterocycles. The highest BCUT2D eigenvalue weighted by molar-refractivity contribution is 5.69. The summed E-state index contributed by atoms with van der Waals surface area (Å²) in [5.74, 6) is -2.67. The Hall–Kier alpha value is -1.86. The molecule has 6 nitrogen and oxygen atoms in total. The molecule has 134 valence electrons. The molecule has 0 N–H and O–H groups in total. The van der Waals surface area contributed by atoms with Gasteiger partial charge in [0, 0.05) is 13.0 Å². The number of alkyl halides is 2. The number of hydrogen-bond donors (Lipinski definition) is 0. The zero-order valence-corrected chi connectivity index (χ0v) is 14.6. The van der Waals surface area contributed by atoms with Gasteiger partial charge in [-0.25, -0.2) is 13.6 Å². The first-order valence-corrected chi connectivity index (χ1v) is 8.23. The standard InChI is InChI=1S/C16H24F2N4O2/c1-11-8-22-13(9-21(11)14(23)24-15(2,3)4)12(7-19-22)20-6-5-16(17,18)10-20/h7,11H,5-6,8-10H2,1-4H3/t11-/m0/s1. The molecule has 3 rings (SSSR count). The maximum atomic E-state index is 13.5. The second-order valence-corrected chi connectivity index (χ2v) is 7.64. The monoisotopic (exact) mass is 342 g/mol. The normalized spacial score (nSPS) is 23.3. The van der Waals surface area contributed by atoms with E-state index in [4.69, 9.17) is 4.74 Å². The van der Waals surface area contributed by atoms with E-state index in [-0.39, 0.29) is 25.1 Å². The van der Waals surface area contributed by atoms with Gasteiger partial charge in [0.15, 0.2) is 0 Å². The number of halogens is 2. The maximum Gasteiger partial charge on any atom is 0.410 e. The number of fused-ring (bicyclic) bond motifs is 1. The second kappa shape index (κ2) is 5.60. The Balaban J connectivity index is 1.81. The molecule has 0 unspecified atom stereocenters. The molecule has 3 heterocycles. The van der Waals surface area contributed by atoms with E-state index in [1.165, 1.54) is 0 Å². The summed E-state index contributed by atoms with van der Waals surface area (Å²) in [5.41, 5.74) is 0.901. The number of carbonyl (C=O) groups is 1. The van der Waals surface area contributed by atoms with E-state index in [0.29, 0.717) is 25.3 Å². The summed E-state index contributed by atoms with van der Waals surface area (Å²) < 4.78 is 34.3. The van der Waals surface area contributed by atoms with Crippen molar-refractivity contribution in [3.05, 3.63) is 11.9 Å². The van der Waals surface area contributed by atoms with E-state index in [0.717, 1.165) is 5.69 Å². The number of amides is 1. The predicted octanol–water partition coefficient (Wildman–Crippen LogP) is 2.87. The Labute approximate surface area is 140 Å². The quantitative estimate of drug-likeness (QED) is 0.787. The third-order valence-corrected chi connectivity index (χ3v) is 4.35. The first-order valence-electron chi connectivity index (χ1n) is 8.23. The fraction of sp³-hybridized carbons (Fsp3) is 0.750. The summed E-state index contributed by atoms with van der Waals surface area (Å²) in [7, 11) is 0. The van der Waals surface area contributed by atoms with Crippen LogP contribution in [0.2, 0.25) is 0 Å². The summed E-state index contributed by atoms with van der Waals surface area (Å²) >= 11 is 0. The van der Waals surface area contributed by atoms with Gasteiger partial charge in [0.25, 0.3) is 5.92 Å². The first-order chi connectivity index (χ1) is 11.1. The van der Waals surface area contributed by atoms with Crippen molar-refractivity contribution in [2.24, 2.45) is 0 Å². The van der Waals surface area contributed by atoms with Crippen LogP contribution in [0.25, 0.3) is 0 Å². The molecule has 1 amide bonds. The number of anilines is 1. The second-order valence-electron chi connectivity index (χ2n) is 7.64. The van der Waals surface area contributed by atoms with Crippen molar-refractivity contribution in [1.29, 1.82) is 0 Å². The smallest absolute Gasteiger partial charge is 0.410 e. The van der Waals surface area contributed by atoms with Crippen LogP contribution >= 0.6 is 0 Å². The Morgan fingerprint density at radius 2 is 2.12 bits per heavy atom. The zero-order chi connectivity index (χ0) is 17.7. The van der Waals surface area contributed by atoms with Crippen molar-refractivity contribution in [2.45, 2.75) is 64.8 Å². The molecule has 24 heavy (non-hydrogen) atoms. The van der Waals surface area contributed by atoms with Crippen molar-refractivity contribution in [2.75, 3.05) is 18.0 Å². The SMILES string of the molecule is C[C@H]1Cn2ncc(N3CCC(F)(F)C3)c2CN1C(=O)OC(C)(C)C. The van der Waals surface area contributed by atoms with E-state index in [2.05, 4.69) is 5.10 Å². The molecular formula is C16H24F2N4O2. The van der Waals surface area contributed by atoms with Gasteiger partial charge in [0.05, 0.1) is 43.3 Å². The summed E-state index contributed by atoms with van der Waals surface area (Å²) in [4.78, 5) is 15.7. The zero-order valence-electron chi connectivity index (χ0n) is 14.6. The summed E-state index contributed by atoms with van der Waals surface area (Å²) in [6.07, 6.45) is 1.09. The number of nitrogens with zero attached hydrogens (tertiary/aromatic N) is 4. The van der Waals surface area contributed by atoms with Gasteiger partial charge in [-0.1, -0.05) is 0 Å². The molecule has 1 aromatic rings. The van der Waals surface area contributed by atoms with Crippen LogP contribution in [0, 0.1) is 0 Å². The molecular weight excluding hydrogens is 318 g/mol. The Morgan fingerprint density at radius 1 is 1.42 bits per heavy atom. The maximum absolute atomic E-state index is 13.5. The van der Waals surface area contributed by atoms with Gasteiger partial charge >= 0.3 is 6.09 Å². The highest BCUT2D eigenvalue weighted by Gasteiger charge is 2.41. The van der Waals surface area contributed by atoms with Crippen LogP contribution in [-0.4, -0.2) is 51.4 Å². The fourth-order valence-electron chi connectivity index (χ4n) is 3.16. The van der Waals surface area contributed by atoms with Gasteiger partial charge in [0.1, 0.15) is 5.60 Å². The molecule has 2 aliphatic rings. The van der Waals surface area contributed by atoms with Crippen molar-refractivity contribution in [3.8, 4) is 0 Å². The molecule has 0 radical (unpaired) electrons. The molecule has 0 bridgehead atoms. The van der Waals surface area contributed by atoms with Crippen LogP contribution in [-0.2, 0) is 17.8 Å². The molecule has 0 saturated carbocycles. The summed E-state index contributed by atoms with van der Waals surface area (Å²) in [6.45, 7) is 8.23. The highest BCUT2D eigenvalue weighted by Crippen LogP contribution is 2.34. The molecule has 0 aromatic carbocycles. The van der Waals surface area contributed by atoms with E-state index in [1.807, 2.05) is 27.7 Å². The molecule has 1 fully saturated rings. The summed E-state index contributed by atoms with van der Waals surface area (Å²) in [6, 6.07) is -0.0693. The van der Waals surface area contributed by atoms with Gasteiger partial charge in [-0.15, -0.1) is 0 Å². The van der Waals surface area contributed by atoms with Gasteiger partial charge in [-0.2, -0.15) is 5.10 Å². The van der Waals surface area contributed by atoms with Crippen LogP contribution in [0.5, 0.6) is 0 Å². The molecule has 0 aliphatic carbocycles. The lowest BCUT2D eigenvalue weighted by atomic mass is 10.2. The van der Waals surface area contributed by atoms with Crippen molar-refractivity contribution in [3.63, 3.8) is 0 Å². The Bertz CT molecular complexity index is 639. The minimum absolute atomic E-state index is 0.0693. The lowest BCUT2D eigenvalue weighted by Crippen LogP contribution is -2.47. The van der Waals surface area contributed by atoms with Crippen LogP contribution in [0.4, 0.5) is 19.3 Å². The molecule has 1 atom stereocenters. The van der Waals surface area contributed by atoms with Gasteiger partial charge in [-0.3, -0.25) is 9.58 Å². The van der Waals surface area contributed by atoms with Crippen LogP contribution in [0.15, 0.2) is 6.20 Å². The number of ether oxygens (including phenoxy) is 1. The molecule has 8 heteroatoms. The van der Waals surface area contributed by atoms with Gasteiger partial charge < -0.3 is 9.64 Å². The number of rotatable bonds is 1. The van der Waals surface area contributed by atoms with E-state index < -0.39 is 11.5 Å². The van der Waals surface area contributed by atoms with Crippen molar-refractivity contribution < 1.29 is 18.3 Å². The van der Waals surface area contributed by atoms with Crippen LogP contribution < -0.4 is 4.90 Å². The Kier molecular flexibility index (Phi) is 3.96. The molecule has 1 saturated heterocycles. The Morgan fingerprint density at radius 3 is 2.71 bits per heavy atom. The van der Waals surface area contributed by atoms with Crippen LogP contribution in [0.1, 0.15) is 39.8 Å². The van der Waals surface area contributed by atoms with Crippen molar-refractivity contribution >= 4 is 11.8 Å².